The smallest absolute Gasteiger partial charge is 0.220 e. The van der Waals surface area contributed by atoms with Crippen LogP contribution in [0.25, 0.3) is 0 Å². The van der Waals surface area contributed by atoms with E-state index in [1.165, 1.54) is 0 Å². The number of rotatable bonds is 7. The van der Waals surface area contributed by atoms with E-state index < -0.39 is 5.60 Å². The first kappa shape index (κ1) is 22.0. The second kappa shape index (κ2) is 8.58. The summed E-state index contributed by atoms with van der Waals surface area (Å²) in [4.78, 5) is 14.9. The normalized spacial score (nSPS) is 38.2. The molecule has 0 spiro atoms. The lowest BCUT2D eigenvalue weighted by molar-refractivity contribution is -0.123. The van der Waals surface area contributed by atoms with Crippen LogP contribution in [0.1, 0.15) is 59.3 Å². The maximum atomic E-state index is 12.6. The fourth-order valence-electron chi connectivity index (χ4n) is 6.24. The Labute approximate surface area is 170 Å². The van der Waals surface area contributed by atoms with E-state index in [0.717, 1.165) is 65.0 Å². The molecule has 3 fully saturated rings. The molecule has 0 aromatic rings. The zero-order valence-electron chi connectivity index (χ0n) is 18.4. The number of carbonyl (C=O) groups excluding carboxylic acids is 1. The predicted molar refractivity (Wildman–Crippen MR) is 111 cm³/mol. The molecule has 1 aliphatic heterocycles. The Morgan fingerprint density at radius 3 is 2.57 bits per heavy atom. The minimum atomic E-state index is -0.575. The lowest BCUT2D eigenvalue weighted by Gasteiger charge is -2.50. The molecule has 4 unspecified atom stereocenters. The van der Waals surface area contributed by atoms with E-state index in [2.05, 4.69) is 36.4 Å². The number of hydrogen-bond acceptors (Lipinski definition) is 5. The topological polar surface area (TPSA) is 73.8 Å². The van der Waals surface area contributed by atoms with E-state index in [1.54, 1.807) is 0 Å². The summed E-state index contributed by atoms with van der Waals surface area (Å²) >= 11 is 0. The molecule has 6 nitrogen and oxygen atoms in total. The highest BCUT2D eigenvalue weighted by atomic mass is 16.5. The molecule has 3 aliphatic rings. The van der Waals surface area contributed by atoms with Gasteiger partial charge in [-0.05, 0) is 62.8 Å². The van der Waals surface area contributed by atoms with E-state index in [4.69, 9.17) is 4.74 Å². The van der Waals surface area contributed by atoms with Gasteiger partial charge in [0.15, 0.2) is 0 Å². The average molecular weight is 396 g/mol. The van der Waals surface area contributed by atoms with Crippen LogP contribution in [-0.2, 0) is 9.53 Å². The van der Waals surface area contributed by atoms with Gasteiger partial charge in [-0.15, -0.1) is 0 Å². The first-order valence-electron chi connectivity index (χ1n) is 11.1. The number of hydrogen-bond donors (Lipinski definition) is 3. The molecule has 3 N–H and O–H groups in total. The summed E-state index contributed by atoms with van der Waals surface area (Å²) in [5, 5.41) is 17.4. The van der Waals surface area contributed by atoms with Crippen molar-refractivity contribution in [1.82, 2.24) is 15.5 Å². The minimum Gasteiger partial charge on any atom is -0.390 e. The number of morpholine rings is 1. The third-order valence-electron chi connectivity index (χ3n) is 7.85. The van der Waals surface area contributed by atoms with E-state index in [9.17, 15) is 9.90 Å². The lowest BCUT2D eigenvalue weighted by Crippen LogP contribution is -2.51. The van der Waals surface area contributed by atoms with Crippen LogP contribution in [0, 0.1) is 16.7 Å². The summed E-state index contributed by atoms with van der Waals surface area (Å²) in [5.74, 6) is 0.612. The SMILES string of the molecule is CNC1CC(C)(C)C2CC(C)(O)CCC12CCC(=O)NCCN1CCOCC1. The second-order valence-corrected chi connectivity index (χ2v) is 10.3. The van der Waals surface area contributed by atoms with Crippen LogP contribution in [0.15, 0.2) is 0 Å². The van der Waals surface area contributed by atoms with Gasteiger partial charge in [-0.25, -0.2) is 0 Å². The third-order valence-corrected chi connectivity index (χ3v) is 7.85. The van der Waals surface area contributed by atoms with Crippen molar-refractivity contribution in [2.75, 3.05) is 46.4 Å². The zero-order valence-corrected chi connectivity index (χ0v) is 18.4. The fraction of sp³-hybridized carbons (Fsp3) is 0.955. The van der Waals surface area contributed by atoms with Gasteiger partial charge in [-0.2, -0.15) is 0 Å². The van der Waals surface area contributed by atoms with Crippen molar-refractivity contribution < 1.29 is 14.6 Å². The van der Waals surface area contributed by atoms with Gasteiger partial charge in [0, 0.05) is 38.6 Å². The van der Waals surface area contributed by atoms with Crippen LogP contribution in [-0.4, -0.2) is 74.0 Å². The third kappa shape index (κ3) is 4.72. The summed E-state index contributed by atoms with van der Waals surface area (Å²) < 4.78 is 5.37. The standard InChI is InChI=1S/C22H41N3O3/c1-20(2)16-18(23-4)22(8-7-21(3,27)15-17(20)22)6-5-19(26)24-9-10-25-11-13-28-14-12-25/h17-18,23,27H,5-16H2,1-4H3,(H,24,26). The number of aliphatic hydroxyl groups is 1. The van der Waals surface area contributed by atoms with Gasteiger partial charge in [-0.3, -0.25) is 9.69 Å². The van der Waals surface area contributed by atoms with Gasteiger partial charge in [0.05, 0.1) is 18.8 Å². The zero-order chi connectivity index (χ0) is 20.4. The monoisotopic (exact) mass is 395 g/mol. The highest BCUT2D eigenvalue weighted by molar-refractivity contribution is 5.75. The van der Waals surface area contributed by atoms with Gasteiger partial charge in [0.2, 0.25) is 5.91 Å². The summed E-state index contributed by atoms with van der Waals surface area (Å²) in [7, 11) is 2.06. The molecule has 1 amide bonds. The Bertz CT molecular complexity index is 545. The Kier molecular flexibility index (Phi) is 6.75. The van der Waals surface area contributed by atoms with Gasteiger partial charge in [0.1, 0.15) is 0 Å². The summed E-state index contributed by atoms with van der Waals surface area (Å²) in [6.07, 6.45) is 5.28. The molecule has 2 saturated carbocycles. The molecule has 3 rings (SSSR count). The van der Waals surface area contributed by atoms with Gasteiger partial charge in [-0.1, -0.05) is 13.8 Å². The average Bonchev–Trinajstić information content (AvgIpc) is 2.87. The molecular weight excluding hydrogens is 354 g/mol. The Balaban J connectivity index is 1.56. The van der Waals surface area contributed by atoms with Crippen molar-refractivity contribution in [3.8, 4) is 0 Å². The van der Waals surface area contributed by atoms with Crippen LogP contribution in [0.2, 0.25) is 0 Å². The highest BCUT2D eigenvalue weighted by Crippen LogP contribution is 2.63. The molecule has 28 heavy (non-hydrogen) atoms. The first-order chi connectivity index (χ1) is 13.2. The van der Waals surface area contributed by atoms with Gasteiger partial charge in [0.25, 0.3) is 0 Å². The number of ether oxygens (including phenoxy) is 1. The maximum absolute atomic E-state index is 12.6. The molecule has 4 atom stereocenters. The minimum absolute atomic E-state index is 0.113. The highest BCUT2D eigenvalue weighted by Gasteiger charge is 2.60. The van der Waals surface area contributed by atoms with Crippen LogP contribution in [0.4, 0.5) is 0 Å². The van der Waals surface area contributed by atoms with Gasteiger partial charge < -0.3 is 20.5 Å². The largest absolute Gasteiger partial charge is 0.390 e. The van der Waals surface area contributed by atoms with Crippen LogP contribution >= 0.6 is 0 Å². The molecule has 162 valence electrons. The number of fused-ring (bicyclic) bond motifs is 1. The van der Waals surface area contributed by atoms with Crippen LogP contribution in [0.5, 0.6) is 0 Å². The predicted octanol–water partition coefficient (Wildman–Crippen LogP) is 1.77. The number of nitrogens with zero attached hydrogens (tertiary/aromatic N) is 1. The quantitative estimate of drug-likeness (QED) is 0.613. The molecule has 6 heteroatoms. The summed E-state index contributed by atoms with van der Waals surface area (Å²) in [5.41, 5.74) is -0.276. The molecule has 0 bridgehead atoms. The Hall–Kier alpha value is -0.690. The van der Waals surface area contributed by atoms with E-state index in [-0.39, 0.29) is 16.7 Å². The van der Waals surface area contributed by atoms with Crippen molar-refractivity contribution in [3.63, 3.8) is 0 Å². The van der Waals surface area contributed by atoms with E-state index >= 15 is 0 Å². The van der Waals surface area contributed by atoms with Crippen molar-refractivity contribution in [3.05, 3.63) is 0 Å². The van der Waals surface area contributed by atoms with E-state index in [1.807, 2.05) is 6.92 Å². The summed E-state index contributed by atoms with van der Waals surface area (Å²) in [6, 6.07) is 0.421. The number of carbonyl (C=O) groups is 1. The molecule has 2 aliphatic carbocycles. The van der Waals surface area contributed by atoms with E-state index in [0.29, 0.717) is 24.9 Å². The maximum Gasteiger partial charge on any atom is 0.220 e. The van der Waals surface area contributed by atoms with Crippen molar-refractivity contribution >= 4 is 5.91 Å². The molecule has 0 radical (unpaired) electrons. The molecule has 1 heterocycles. The fourth-order valence-corrected chi connectivity index (χ4v) is 6.24. The van der Waals surface area contributed by atoms with Gasteiger partial charge >= 0.3 is 0 Å². The van der Waals surface area contributed by atoms with Crippen LogP contribution in [0.3, 0.4) is 0 Å². The molecule has 1 saturated heterocycles. The molecule has 0 aromatic carbocycles. The Morgan fingerprint density at radius 1 is 1.18 bits per heavy atom. The van der Waals surface area contributed by atoms with Crippen molar-refractivity contribution in [2.45, 2.75) is 70.9 Å². The lowest BCUT2D eigenvalue weighted by atomic mass is 9.57. The number of amides is 1. The van der Waals surface area contributed by atoms with Crippen molar-refractivity contribution in [1.29, 1.82) is 0 Å². The Morgan fingerprint density at radius 2 is 1.89 bits per heavy atom. The van der Waals surface area contributed by atoms with Crippen molar-refractivity contribution in [2.24, 2.45) is 16.7 Å². The van der Waals surface area contributed by atoms with Crippen LogP contribution < -0.4 is 10.6 Å². The number of nitrogens with one attached hydrogen (secondary N) is 2. The molecular formula is C22H41N3O3. The second-order valence-electron chi connectivity index (χ2n) is 10.3. The first-order valence-corrected chi connectivity index (χ1v) is 11.1. The summed E-state index contributed by atoms with van der Waals surface area (Å²) in [6.45, 7) is 11.8. The molecule has 0 aromatic heterocycles.